The van der Waals surface area contributed by atoms with Gasteiger partial charge < -0.3 is 5.11 Å². The smallest absolute Gasteiger partial charge is 0.187 e. The Labute approximate surface area is 69.9 Å². The number of hydrogen-bond acceptors (Lipinski definition) is 4. The van der Waals surface area contributed by atoms with Crippen molar-refractivity contribution >= 4 is 11.8 Å². The maximum atomic E-state index is 9.10. The molecule has 60 valence electrons. The van der Waals surface area contributed by atoms with Gasteiger partial charge in [-0.05, 0) is 13.2 Å². The Balaban J connectivity index is 2.83. The van der Waals surface area contributed by atoms with E-state index >= 15 is 0 Å². The van der Waals surface area contributed by atoms with Crippen molar-refractivity contribution in [2.24, 2.45) is 0 Å². The molecule has 0 amide bonds. The Hall–Kier alpha value is -0.610. The molecule has 1 aromatic heterocycles. The molecule has 0 aliphatic rings. The summed E-state index contributed by atoms with van der Waals surface area (Å²) in [5.74, 6) is 0. The van der Waals surface area contributed by atoms with Gasteiger partial charge in [0, 0.05) is 18.0 Å². The SMILES string of the molecule is CSc1ncc([C@@H](C)O)cn1. The summed E-state index contributed by atoms with van der Waals surface area (Å²) in [6.07, 6.45) is 4.72. The van der Waals surface area contributed by atoms with Gasteiger partial charge in [0.1, 0.15) is 0 Å². The van der Waals surface area contributed by atoms with Gasteiger partial charge in [0.15, 0.2) is 5.16 Å². The zero-order valence-electron chi connectivity index (χ0n) is 6.48. The summed E-state index contributed by atoms with van der Waals surface area (Å²) < 4.78 is 0. The topological polar surface area (TPSA) is 46.0 Å². The summed E-state index contributed by atoms with van der Waals surface area (Å²) in [4.78, 5) is 8.02. The predicted octanol–water partition coefficient (Wildman–Crippen LogP) is 1.25. The van der Waals surface area contributed by atoms with Crippen molar-refractivity contribution in [1.82, 2.24) is 9.97 Å². The van der Waals surface area contributed by atoms with Crippen molar-refractivity contribution < 1.29 is 5.11 Å². The summed E-state index contributed by atoms with van der Waals surface area (Å²) in [5, 5.41) is 9.83. The highest BCUT2D eigenvalue weighted by Gasteiger charge is 2.00. The first-order valence-corrected chi connectivity index (χ1v) is 4.50. The van der Waals surface area contributed by atoms with Gasteiger partial charge in [-0.2, -0.15) is 0 Å². The maximum absolute atomic E-state index is 9.10. The van der Waals surface area contributed by atoms with Crippen molar-refractivity contribution in [2.75, 3.05) is 6.26 Å². The van der Waals surface area contributed by atoms with E-state index in [1.54, 1.807) is 19.3 Å². The molecule has 1 heterocycles. The first-order chi connectivity index (χ1) is 5.24. The molecule has 0 unspecified atom stereocenters. The third kappa shape index (κ3) is 2.17. The van der Waals surface area contributed by atoms with Crippen LogP contribution in [0.1, 0.15) is 18.6 Å². The van der Waals surface area contributed by atoms with Crippen molar-refractivity contribution in [1.29, 1.82) is 0 Å². The van der Waals surface area contributed by atoms with E-state index < -0.39 is 6.10 Å². The van der Waals surface area contributed by atoms with Crippen LogP contribution in [0.25, 0.3) is 0 Å². The van der Waals surface area contributed by atoms with E-state index in [0.29, 0.717) is 0 Å². The normalized spacial score (nSPS) is 13.0. The van der Waals surface area contributed by atoms with Gasteiger partial charge in [0.05, 0.1) is 6.10 Å². The second kappa shape index (κ2) is 3.69. The summed E-state index contributed by atoms with van der Waals surface area (Å²) in [6, 6.07) is 0. The van der Waals surface area contributed by atoms with Crippen LogP contribution in [-0.2, 0) is 0 Å². The number of thioether (sulfide) groups is 1. The number of rotatable bonds is 2. The van der Waals surface area contributed by atoms with E-state index in [-0.39, 0.29) is 0 Å². The molecule has 1 N–H and O–H groups in total. The summed E-state index contributed by atoms with van der Waals surface area (Å²) in [7, 11) is 0. The molecule has 1 rings (SSSR count). The molecule has 0 aliphatic heterocycles. The van der Waals surface area contributed by atoms with Crippen molar-refractivity contribution in [2.45, 2.75) is 18.2 Å². The lowest BCUT2D eigenvalue weighted by molar-refractivity contribution is 0.198. The summed E-state index contributed by atoms with van der Waals surface area (Å²) in [6.45, 7) is 1.69. The minimum atomic E-state index is -0.481. The number of aliphatic hydroxyl groups is 1. The highest BCUT2D eigenvalue weighted by molar-refractivity contribution is 7.98. The molecule has 3 nitrogen and oxygen atoms in total. The Morgan fingerprint density at radius 2 is 2.00 bits per heavy atom. The van der Waals surface area contributed by atoms with E-state index in [1.807, 2.05) is 6.26 Å². The first kappa shape index (κ1) is 8.49. The monoisotopic (exact) mass is 170 g/mol. The van der Waals surface area contributed by atoms with Crippen molar-refractivity contribution in [3.05, 3.63) is 18.0 Å². The Bertz CT molecular complexity index is 222. The second-order valence-corrected chi connectivity index (χ2v) is 2.95. The van der Waals surface area contributed by atoms with Crippen molar-refractivity contribution in [3.63, 3.8) is 0 Å². The molecule has 0 aromatic carbocycles. The Morgan fingerprint density at radius 3 is 2.36 bits per heavy atom. The molecule has 11 heavy (non-hydrogen) atoms. The lowest BCUT2D eigenvalue weighted by Gasteiger charge is -2.02. The van der Waals surface area contributed by atoms with Gasteiger partial charge in [-0.3, -0.25) is 0 Å². The lowest BCUT2D eigenvalue weighted by Crippen LogP contribution is -1.94. The van der Waals surface area contributed by atoms with E-state index in [2.05, 4.69) is 9.97 Å². The third-order valence-electron chi connectivity index (χ3n) is 1.31. The Kier molecular flexibility index (Phi) is 2.84. The van der Waals surface area contributed by atoms with E-state index in [9.17, 15) is 0 Å². The minimum Gasteiger partial charge on any atom is -0.389 e. The first-order valence-electron chi connectivity index (χ1n) is 3.28. The molecular formula is C7H10N2OS. The highest BCUT2D eigenvalue weighted by Crippen LogP contribution is 2.11. The van der Waals surface area contributed by atoms with Gasteiger partial charge >= 0.3 is 0 Å². The number of aliphatic hydroxyl groups excluding tert-OH is 1. The van der Waals surface area contributed by atoms with Crippen LogP contribution >= 0.6 is 11.8 Å². The molecule has 4 heteroatoms. The van der Waals surface area contributed by atoms with Gasteiger partial charge in [0.25, 0.3) is 0 Å². The largest absolute Gasteiger partial charge is 0.389 e. The average Bonchev–Trinajstić information content (AvgIpc) is 2.05. The highest BCUT2D eigenvalue weighted by atomic mass is 32.2. The Morgan fingerprint density at radius 1 is 1.45 bits per heavy atom. The molecular weight excluding hydrogens is 160 g/mol. The van der Waals surface area contributed by atoms with Crippen molar-refractivity contribution in [3.8, 4) is 0 Å². The molecule has 0 bridgehead atoms. The lowest BCUT2D eigenvalue weighted by atomic mass is 10.2. The summed E-state index contributed by atoms with van der Waals surface area (Å²) >= 11 is 1.49. The standard InChI is InChI=1S/C7H10N2OS/c1-5(10)6-3-8-7(11-2)9-4-6/h3-5,10H,1-2H3/t5-/m1/s1. The van der Waals surface area contributed by atoms with Crippen LogP contribution in [0.2, 0.25) is 0 Å². The summed E-state index contributed by atoms with van der Waals surface area (Å²) in [5.41, 5.74) is 0.753. The zero-order valence-corrected chi connectivity index (χ0v) is 7.30. The molecule has 0 radical (unpaired) electrons. The molecule has 0 aliphatic carbocycles. The fraction of sp³-hybridized carbons (Fsp3) is 0.429. The van der Waals surface area contributed by atoms with E-state index in [4.69, 9.17) is 5.11 Å². The minimum absolute atomic E-state index is 0.481. The van der Waals surface area contributed by atoms with Crippen LogP contribution in [0, 0.1) is 0 Å². The number of hydrogen-bond donors (Lipinski definition) is 1. The number of nitrogens with zero attached hydrogens (tertiary/aromatic N) is 2. The molecule has 1 atom stereocenters. The maximum Gasteiger partial charge on any atom is 0.187 e. The van der Waals surface area contributed by atoms with Gasteiger partial charge in [-0.25, -0.2) is 9.97 Å². The van der Waals surface area contributed by atoms with E-state index in [0.717, 1.165) is 10.7 Å². The third-order valence-corrected chi connectivity index (χ3v) is 1.89. The average molecular weight is 170 g/mol. The van der Waals surface area contributed by atoms with E-state index in [1.165, 1.54) is 11.8 Å². The molecule has 1 aromatic rings. The van der Waals surface area contributed by atoms with Crippen LogP contribution < -0.4 is 0 Å². The zero-order chi connectivity index (χ0) is 8.27. The van der Waals surface area contributed by atoms with Crippen LogP contribution in [0.3, 0.4) is 0 Å². The molecule has 0 saturated heterocycles. The van der Waals surface area contributed by atoms with Gasteiger partial charge in [-0.15, -0.1) is 0 Å². The van der Waals surface area contributed by atoms with Crippen LogP contribution in [0.5, 0.6) is 0 Å². The molecule has 0 fully saturated rings. The number of aromatic nitrogens is 2. The van der Waals surface area contributed by atoms with Gasteiger partial charge in [-0.1, -0.05) is 11.8 Å². The van der Waals surface area contributed by atoms with Crippen LogP contribution in [-0.4, -0.2) is 21.3 Å². The molecule has 0 saturated carbocycles. The fourth-order valence-corrected chi connectivity index (χ4v) is 0.964. The second-order valence-electron chi connectivity index (χ2n) is 2.18. The molecule has 0 spiro atoms. The quantitative estimate of drug-likeness (QED) is 0.536. The predicted molar refractivity (Wildman–Crippen MR) is 44.4 cm³/mol. The van der Waals surface area contributed by atoms with Crippen LogP contribution in [0.4, 0.5) is 0 Å². The fourth-order valence-electron chi connectivity index (χ4n) is 0.647. The van der Waals surface area contributed by atoms with Gasteiger partial charge in [0.2, 0.25) is 0 Å². The van der Waals surface area contributed by atoms with Crippen LogP contribution in [0.15, 0.2) is 17.6 Å².